The lowest BCUT2D eigenvalue weighted by molar-refractivity contribution is -0.121. The van der Waals surface area contributed by atoms with E-state index in [-0.39, 0.29) is 18.4 Å². The number of carbonyl (C=O) groups excluding carboxylic acids is 1. The summed E-state index contributed by atoms with van der Waals surface area (Å²) in [4.78, 5) is 16.9. The van der Waals surface area contributed by atoms with Crippen LogP contribution in [-0.2, 0) is 17.6 Å². The van der Waals surface area contributed by atoms with Crippen LogP contribution in [0.5, 0.6) is 0 Å². The van der Waals surface area contributed by atoms with Crippen LogP contribution in [0.3, 0.4) is 0 Å². The molecule has 0 fully saturated rings. The SMILES string of the molecule is Cc1oc(-c2ccccc2)nc1CC(=O)NC(C)Cc1ccc(Br)cc1. The lowest BCUT2D eigenvalue weighted by atomic mass is 10.1. The van der Waals surface area contributed by atoms with Crippen molar-refractivity contribution >= 4 is 21.8 Å². The third kappa shape index (κ3) is 4.82. The first-order valence-corrected chi connectivity index (χ1v) is 9.36. The second kappa shape index (κ2) is 8.32. The van der Waals surface area contributed by atoms with E-state index in [4.69, 9.17) is 4.42 Å². The van der Waals surface area contributed by atoms with Crippen molar-refractivity contribution in [1.82, 2.24) is 10.3 Å². The predicted octanol–water partition coefficient (Wildman–Crippen LogP) is 4.70. The number of benzene rings is 2. The van der Waals surface area contributed by atoms with E-state index in [9.17, 15) is 4.79 Å². The van der Waals surface area contributed by atoms with Crippen molar-refractivity contribution in [3.05, 3.63) is 76.1 Å². The van der Waals surface area contributed by atoms with Gasteiger partial charge < -0.3 is 9.73 Å². The van der Waals surface area contributed by atoms with Crippen LogP contribution in [-0.4, -0.2) is 16.9 Å². The van der Waals surface area contributed by atoms with Gasteiger partial charge in [0.15, 0.2) is 0 Å². The van der Waals surface area contributed by atoms with Gasteiger partial charge in [0.05, 0.1) is 12.1 Å². The zero-order valence-electron chi connectivity index (χ0n) is 14.8. The van der Waals surface area contributed by atoms with Gasteiger partial charge in [0.25, 0.3) is 0 Å². The Labute approximate surface area is 161 Å². The van der Waals surface area contributed by atoms with Gasteiger partial charge in [-0.2, -0.15) is 0 Å². The Morgan fingerprint density at radius 3 is 2.54 bits per heavy atom. The molecule has 3 aromatic rings. The normalized spacial score (nSPS) is 12.0. The van der Waals surface area contributed by atoms with E-state index in [1.807, 2.05) is 56.3 Å². The van der Waals surface area contributed by atoms with Gasteiger partial charge in [-0.25, -0.2) is 4.98 Å². The van der Waals surface area contributed by atoms with Crippen LogP contribution in [0.25, 0.3) is 11.5 Å². The summed E-state index contributed by atoms with van der Waals surface area (Å²) in [5.41, 5.74) is 2.77. The number of rotatable bonds is 6. The molecule has 1 heterocycles. The van der Waals surface area contributed by atoms with Crippen molar-refractivity contribution in [1.29, 1.82) is 0 Å². The molecule has 0 spiro atoms. The quantitative estimate of drug-likeness (QED) is 0.637. The summed E-state index contributed by atoms with van der Waals surface area (Å²) in [6.07, 6.45) is 0.999. The standard InChI is InChI=1S/C21H21BrN2O2/c1-14(12-16-8-10-18(22)11-9-16)23-20(25)13-19-15(2)26-21(24-19)17-6-4-3-5-7-17/h3-11,14H,12-13H2,1-2H3,(H,23,25). The van der Waals surface area contributed by atoms with E-state index in [2.05, 4.69) is 38.4 Å². The minimum Gasteiger partial charge on any atom is -0.441 e. The van der Waals surface area contributed by atoms with Crippen molar-refractivity contribution in [2.24, 2.45) is 0 Å². The Hall–Kier alpha value is -2.40. The van der Waals surface area contributed by atoms with Crippen LogP contribution in [0.1, 0.15) is 23.9 Å². The summed E-state index contributed by atoms with van der Waals surface area (Å²) < 4.78 is 6.77. The number of nitrogens with zero attached hydrogens (tertiary/aromatic N) is 1. The maximum absolute atomic E-state index is 12.4. The molecule has 0 aliphatic carbocycles. The van der Waals surface area contributed by atoms with Crippen LogP contribution in [0, 0.1) is 6.92 Å². The summed E-state index contributed by atoms with van der Waals surface area (Å²) >= 11 is 3.43. The molecule has 1 aromatic heterocycles. The molecular weight excluding hydrogens is 392 g/mol. The fraction of sp³-hybridized carbons (Fsp3) is 0.238. The van der Waals surface area contributed by atoms with Crippen molar-refractivity contribution in [3.63, 3.8) is 0 Å². The van der Waals surface area contributed by atoms with Gasteiger partial charge >= 0.3 is 0 Å². The monoisotopic (exact) mass is 412 g/mol. The molecule has 0 aliphatic heterocycles. The zero-order valence-corrected chi connectivity index (χ0v) is 16.4. The summed E-state index contributed by atoms with van der Waals surface area (Å²) in [5, 5.41) is 3.04. The highest BCUT2D eigenvalue weighted by atomic mass is 79.9. The van der Waals surface area contributed by atoms with Crippen LogP contribution in [0.15, 0.2) is 63.5 Å². The van der Waals surface area contributed by atoms with E-state index < -0.39 is 0 Å². The average Bonchev–Trinajstić information content (AvgIpc) is 2.98. The molecule has 4 nitrogen and oxygen atoms in total. The molecule has 2 aromatic carbocycles. The Bertz CT molecular complexity index is 873. The molecule has 0 saturated carbocycles. The van der Waals surface area contributed by atoms with Crippen molar-refractivity contribution in [2.45, 2.75) is 32.7 Å². The number of hydrogen-bond donors (Lipinski definition) is 1. The number of carbonyl (C=O) groups is 1. The molecule has 0 saturated heterocycles. The second-order valence-electron chi connectivity index (χ2n) is 6.36. The lowest BCUT2D eigenvalue weighted by Crippen LogP contribution is -2.35. The van der Waals surface area contributed by atoms with Crippen LogP contribution < -0.4 is 5.32 Å². The van der Waals surface area contributed by atoms with Crippen molar-refractivity contribution in [3.8, 4) is 11.5 Å². The molecule has 1 amide bonds. The number of hydrogen-bond acceptors (Lipinski definition) is 3. The fourth-order valence-electron chi connectivity index (χ4n) is 2.80. The molecule has 134 valence electrons. The number of oxazole rings is 1. The molecular formula is C21H21BrN2O2. The van der Waals surface area contributed by atoms with E-state index >= 15 is 0 Å². The fourth-order valence-corrected chi connectivity index (χ4v) is 3.06. The van der Waals surface area contributed by atoms with E-state index in [1.165, 1.54) is 5.56 Å². The third-order valence-electron chi connectivity index (χ3n) is 4.10. The number of halogens is 1. The highest BCUT2D eigenvalue weighted by molar-refractivity contribution is 9.10. The number of amides is 1. The molecule has 0 aliphatic rings. The summed E-state index contributed by atoms with van der Waals surface area (Å²) in [6.45, 7) is 3.85. The van der Waals surface area contributed by atoms with E-state index in [0.29, 0.717) is 17.3 Å². The van der Waals surface area contributed by atoms with Gasteiger partial charge in [-0.05, 0) is 50.1 Å². The van der Waals surface area contributed by atoms with Crippen LogP contribution in [0.2, 0.25) is 0 Å². The second-order valence-corrected chi connectivity index (χ2v) is 7.28. The Balaban J connectivity index is 1.59. The van der Waals surface area contributed by atoms with Gasteiger partial charge in [0.2, 0.25) is 11.8 Å². The maximum atomic E-state index is 12.4. The molecule has 3 rings (SSSR count). The molecule has 26 heavy (non-hydrogen) atoms. The largest absolute Gasteiger partial charge is 0.441 e. The molecule has 1 N–H and O–H groups in total. The lowest BCUT2D eigenvalue weighted by Gasteiger charge is -2.13. The van der Waals surface area contributed by atoms with Crippen molar-refractivity contribution < 1.29 is 9.21 Å². The highest BCUT2D eigenvalue weighted by Gasteiger charge is 2.16. The number of aromatic nitrogens is 1. The van der Waals surface area contributed by atoms with Gasteiger partial charge in [-0.3, -0.25) is 4.79 Å². The zero-order chi connectivity index (χ0) is 18.5. The van der Waals surface area contributed by atoms with Gasteiger partial charge in [-0.15, -0.1) is 0 Å². The van der Waals surface area contributed by atoms with Gasteiger partial charge in [-0.1, -0.05) is 46.3 Å². The van der Waals surface area contributed by atoms with E-state index in [1.54, 1.807) is 0 Å². The summed E-state index contributed by atoms with van der Waals surface area (Å²) in [6, 6.07) is 17.9. The van der Waals surface area contributed by atoms with Crippen molar-refractivity contribution in [2.75, 3.05) is 0 Å². The topological polar surface area (TPSA) is 55.1 Å². The number of aryl methyl sites for hydroxylation is 1. The highest BCUT2D eigenvalue weighted by Crippen LogP contribution is 2.21. The van der Waals surface area contributed by atoms with E-state index in [0.717, 1.165) is 16.5 Å². The molecule has 0 radical (unpaired) electrons. The minimum atomic E-state index is -0.0503. The maximum Gasteiger partial charge on any atom is 0.226 e. The molecule has 1 unspecified atom stereocenters. The predicted molar refractivity (Wildman–Crippen MR) is 106 cm³/mol. The van der Waals surface area contributed by atoms with Crippen LogP contribution >= 0.6 is 15.9 Å². The molecule has 0 bridgehead atoms. The first-order chi connectivity index (χ1) is 12.5. The molecule has 1 atom stereocenters. The third-order valence-corrected chi connectivity index (χ3v) is 4.63. The Kier molecular flexibility index (Phi) is 5.89. The molecule has 5 heteroatoms. The summed E-state index contributed by atoms with van der Waals surface area (Å²) in [7, 11) is 0. The van der Waals surface area contributed by atoms with Crippen LogP contribution in [0.4, 0.5) is 0 Å². The van der Waals surface area contributed by atoms with Gasteiger partial charge in [0.1, 0.15) is 5.76 Å². The summed E-state index contributed by atoms with van der Waals surface area (Å²) in [5.74, 6) is 1.18. The average molecular weight is 413 g/mol. The smallest absolute Gasteiger partial charge is 0.226 e. The first-order valence-electron chi connectivity index (χ1n) is 8.57. The van der Waals surface area contributed by atoms with Gasteiger partial charge in [0, 0.05) is 16.1 Å². The first kappa shape index (κ1) is 18.4. The Morgan fingerprint density at radius 2 is 1.85 bits per heavy atom. The minimum absolute atomic E-state index is 0.0458. The number of nitrogens with one attached hydrogen (secondary N) is 1. The Morgan fingerprint density at radius 1 is 1.15 bits per heavy atom.